The Bertz CT molecular complexity index is 356. The molecule has 0 aliphatic heterocycles. The Morgan fingerprint density at radius 2 is 1.25 bits per heavy atom. The molecule has 0 saturated carbocycles. The molecule has 1 aromatic carbocycles. The third-order valence-electron chi connectivity index (χ3n) is 1.91. The van der Waals surface area contributed by atoms with E-state index in [9.17, 15) is 26.3 Å². The maximum absolute atomic E-state index is 13.0. The molecule has 0 aliphatic rings. The highest BCUT2D eigenvalue weighted by molar-refractivity contribution is 5.23. The fourth-order valence-electron chi connectivity index (χ4n) is 1.02. The molecule has 16 heavy (non-hydrogen) atoms. The summed E-state index contributed by atoms with van der Waals surface area (Å²) in [6.07, 6.45) is -5.80. The molecule has 1 N–H and O–H groups in total. The Balaban J connectivity index is 3.22. The molecule has 90 valence electrons. The number of rotatable bonds is 3. The number of benzene rings is 1. The predicted octanol–water partition coefficient (Wildman–Crippen LogP) is 3.00. The zero-order valence-electron chi connectivity index (χ0n) is 7.60. The van der Waals surface area contributed by atoms with Crippen molar-refractivity contribution in [3.05, 3.63) is 35.9 Å². The first-order chi connectivity index (χ1) is 7.11. The fourth-order valence-corrected chi connectivity index (χ4v) is 1.02. The maximum atomic E-state index is 13.0. The first-order valence-electron chi connectivity index (χ1n) is 4.02. The first kappa shape index (κ1) is 12.8. The lowest BCUT2D eigenvalue weighted by atomic mass is 10.0. The SMILES string of the molecule is OC(F)(F)C(F)(F)C(F)(F)c1ccccc1. The van der Waals surface area contributed by atoms with Crippen LogP contribution < -0.4 is 0 Å². The lowest BCUT2D eigenvalue weighted by molar-refractivity contribution is -0.388. The van der Waals surface area contributed by atoms with Gasteiger partial charge in [0.1, 0.15) is 0 Å². The summed E-state index contributed by atoms with van der Waals surface area (Å²) in [5, 5.41) is 7.78. The minimum Gasteiger partial charge on any atom is -0.331 e. The molecule has 0 fully saturated rings. The van der Waals surface area contributed by atoms with Crippen LogP contribution in [0.4, 0.5) is 26.3 Å². The summed E-state index contributed by atoms with van der Waals surface area (Å²) in [6, 6.07) is 4.39. The lowest BCUT2D eigenvalue weighted by Gasteiger charge is -2.29. The molecule has 1 nitrogen and oxygen atoms in total. The van der Waals surface area contributed by atoms with E-state index in [1.165, 1.54) is 6.07 Å². The zero-order chi connectivity index (χ0) is 12.6. The molecule has 1 aromatic rings. The van der Waals surface area contributed by atoms with Gasteiger partial charge >= 0.3 is 18.0 Å². The molecule has 0 aromatic heterocycles. The van der Waals surface area contributed by atoms with Crippen molar-refractivity contribution in [2.24, 2.45) is 0 Å². The maximum Gasteiger partial charge on any atom is 0.423 e. The molecular weight excluding hydrogens is 238 g/mol. The molecule has 0 heterocycles. The normalized spacial score (nSPS) is 13.9. The number of aliphatic hydroxyl groups is 1. The minimum atomic E-state index is -5.87. The van der Waals surface area contributed by atoms with E-state index < -0.39 is 23.5 Å². The van der Waals surface area contributed by atoms with Gasteiger partial charge < -0.3 is 5.11 Å². The zero-order valence-corrected chi connectivity index (χ0v) is 7.60. The van der Waals surface area contributed by atoms with Gasteiger partial charge in [-0.05, 0) is 0 Å². The topological polar surface area (TPSA) is 20.2 Å². The van der Waals surface area contributed by atoms with Crippen LogP contribution in [0.25, 0.3) is 0 Å². The summed E-state index contributed by atoms with van der Waals surface area (Å²) in [6.45, 7) is 0. The van der Waals surface area contributed by atoms with Crippen LogP contribution in [0.15, 0.2) is 30.3 Å². The van der Waals surface area contributed by atoms with E-state index in [4.69, 9.17) is 5.11 Å². The van der Waals surface area contributed by atoms with Gasteiger partial charge in [0.15, 0.2) is 0 Å². The van der Waals surface area contributed by atoms with E-state index >= 15 is 0 Å². The van der Waals surface area contributed by atoms with Crippen molar-refractivity contribution >= 4 is 0 Å². The minimum absolute atomic E-state index is 0.569. The van der Waals surface area contributed by atoms with Crippen molar-refractivity contribution in [2.45, 2.75) is 18.0 Å². The smallest absolute Gasteiger partial charge is 0.331 e. The Morgan fingerprint density at radius 3 is 1.62 bits per heavy atom. The highest BCUT2D eigenvalue weighted by atomic mass is 19.3. The van der Waals surface area contributed by atoms with E-state index in [1.807, 2.05) is 0 Å². The third kappa shape index (κ3) is 1.87. The molecule has 0 atom stereocenters. The molecule has 0 bridgehead atoms. The van der Waals surface area contributed by atoms with Crippen molar-refractivity contribution in [3.8, 4) is 0 Å². The molecule has 0 saturated heterocycles. The second-order valence-electron chi connectivity index (χ2n) is 3.06. The largest absolute Gasteiger partial charge is 0.423 e. The standard InChI is InChI=1S/C9H6F6O/c10-7(11,6-4-2-1-3-5-6)8(12,13)9(14,15)16/h1-5,16H. The average molecular weight is 244 g/mol. The van der Waals surface area contributed by atoms with Gasteiger partial charge in [-0.2, -0.15) is 26.3 Å². The predicted molar refractivity (Wildman–Crippen MR) is 42.4 cm³/mol. The number of alkyl halides is 6. The van der Waals surface area contributed by atoms with E-state index in [2.05, 4.69) is 0 Å². The van der Waals surface area contributed by atoms with E-state index in [1.54, 1.807) is 0 Å². The van der Waals surface area contributed by atoms with Crippen LogP contribution in [-0.2, 0) is 5.92 Å². The van der Waals surface area contributed by atoms with Gasteiger partial charge in [0.05, 0.1) is 0 Å². The molecule has 0 unspecified atom stereocenters. The van der Waals surface area contributed by atoms with Gasteiger partial charge in [-0.3, -0.25) is 0 Å². The molecule has 0 radical (unpaired) electrons. The number of halogens is 6. The van der Waals surface area contributed by atoms with Gasteiger partial charge in [0, 0.05) is 5.56 Å². The van der Waals surface area contributed by atoms with Crippen LogP contribution in [0.2, 0.25) is 0 Å². The first-order valence-corrected chi connectivity index (χ1v) is 4.02. The quantitative estimate of drug-likeness (QED) is 0.810. The molecule has 0 aliphatic carbocycles. The van der Waals surface area contributed by atoms with Gasteiger partial charge in [0.2, 0.25) is 0 Å². The summed E-state index contributed by atoms with van der Waals surface area (Å²) in [5.74, 6) is -11.0. The van der Waals surface area contributed by atoms with E-state index in [0.29, 0.717) is 12.1 Å². The summed E-state index contributed by atoms with van der Waals surface area (Å²) >= 11 is 0. The van der Waals surface area contributed by atoms with Crippen LogP contribution in [-0.4, -0.2) is 17.1 Å². The van der Waals surface area contributed by atoms with Crippen LogP contribution >= 0.6 is 0 Å². The molecule has 0 amide bonds. The highest BCUT2D eigenvalue weighted by Gasteiger charge is 2.72. The van der Waals surface area contributed by atoms with Crippen molar-refractivity contribution in [2.75, 3.05) is 0 Å². The Labute approximate surface area is 86.3 Å². The van der Waals surface area contributed by atoms with Crippen molar-refractivity contribution in [1.82, 2.24) is 0 Å². The Hall–Kier alpha value is -1.24. The van der Waals surface area contributed by atoms with E-state index in [0.717, 1.165) is 12.1 Å². The second-order valence-corrected chi connectivity index (χ2v) is 3.06. The molecule has 0 spiro atoms. The van der Waals surface area contributed by atoms with Gasteiger partial charge in [-0.15, -0.1) is 0 Å². The van der Waals surface area contributed by atoms with Crippen molar-refractivity contribution in [1.29, 1.82) is 0 Å². The van der Waals surface area contributed by atoms with Crippen molar-refractivity contribution in [3.63, 3.8) is 0 Å². The molecular formula is C9H6F6O. The fraction of sp³-hybridized carbons (Fsp3) is 0.333. The Kier molecular flexibility index (Phi) is 2.93. The summed E-state index contributed by atoms with van der Waals surface area (Å²) < 4.78 is 75.4. The average Bonchev–Trinajstić information content (AvgIpc) is 2.17. The van der Waals surface area contributed by atoms with Crippen LogP contribution in [0.1, 0.15) is 5.56 Å². The summed E-state index contributed by atoms with van der Waals surface area (Å²) in [4.78, 5) is 0. The number of hydrogen-bond donors (Lipinski definition) is 1. The summed E-state index contributed by atoms with van der Waals surface area (Å²) in [7, 11) is 0. The Morgan fingerprint density at radius 1 is 0.812 bits per heavy atom. The number of hydrogen-bond acceptors (Lipinski definition) is 1. The van der Waals surface area contributed by atoms with E-state index in [-0.39, 0.29) is 0 Å². The van der Waals surface area contributed by atoms with Crippen molar-refractivity contribution < 1.29 is 31.4 Å². The monoisotopic (exact) mass is 244 g/mol. The lowest BCUT2D eigenvalue weighted by Crippen LogP contribution is -2.52. The van der Waals surface area contributed by atoms with Crippen LogP contribution in [0, 0.1) is 0 Å². The molecule has 1 rings (SSSR count). The highest BCUT2D eigenvalue weighted by Crippen LogP contribution is 2.49. The van der Waals surface area contributed by atoms with Crippen LogP contribution in [0.5, 0.6) is 0 Å². The summed E-state index contributed by atoms with van der Waals surface area (Å²) in [5.41, 5.74) is -1.30. The third-order valence-corrected chi connectivity index (χ3v) is 1.91. The van der Waals surface area contributed by atoms with Gasteiger partial charge in [-0.1, -0.05) is 30.3 Å². The second kappa shape index (κ2) is 3.65. The van der Waals surface area contributed by atoms with Gasteiger partial charge in [0.25, 0.3) is 0 Å². The van der Waals surface area contributed by atoms with Gasteiger partial charge in [-0.25, -0.2) is 0 Å². The molecule has 7 heteroatoms. The van der Waals surface area contributed by atoms with Crippen LogP contribution in [0.3, 0.4) is 0 Å².